The predicted octanol–water partition coefficient (Wildman–Crippen LogP) is 3.91. The Hall–Kier alpha value is -1.52. The zero-order valence-electron chi connectivity index (χ0n) is 10.4. The Balaban J connectivity index is 1.88. The lowest BCUT2D eigenvalue weighted by molar-refractivity contribution is 0.790. The van der Waals surface area contributed by atoms with Crippen LogP contribution in [0.2, 0.25) is 5.15 Å². The van der Waals surface area contributed by atoms with Gasteiger partial charge in [0.05, 0.1) is 5.52 Å². The van der Waals surface area contributed by atoms with Crippen molar-refractivity contribution in [2.45, 2.75) is 10.9 Å². The summed E-state index contributed by atoms with van der Waals surface area (Å²) in [6.45, 7) is 0. The minimum Gasteiger partial charge on any atom is -0.329 e. The van der Waals surface area contributed by atoms with Gasteiger partial charge in [0.2, 0.25) is 0 Å². The second-order valence-electron chi connectivity index (χ2n) is 4.24. The first-order valence-electron chi connectivity index (χ1n) is 5.88. The quantitative estimate of drug-likeness (QED) is 0.541. The molecule has 2 heterocycles. The molecule has 19 heavy (non-hydrogen) atoms. The number of rotatable bonds is 3. The lowest BCUT2D eigenvalue weighted by atomic mass is 10.2. The van der Waals surface area contributed by atoms with E-state index in [9.17, 15) is 0 Å². The molecule has 3 aromatic rings. The average molecular weight is 290 g/mol. The maximum absolute atomic E-state index is 6.23. The van der Waals surface area contributed by atoms with Gasteiger partial charge in [-0.05, 0) is 12.1 Å². The number of fused-ring (bicyclic) bond motifs is 1. The molecule has 0 atom stereocenters. The molecule has 0 saturated heterocycles. The standard InChI is InChI=1S/C14H12ClN3S/c1-18-7-6-16-14(18)19-9-11-8-10-4-2-3-5-12(10)17-13(11)15/h2-8H,9H2,1H3. The zero-order chi connectivity index (χ0) is 13.2. The normalized spacial score (nSPS) is 11.1. The third-order valence-electron chi connectivity index (χ3n) is 2.88. The number of hydrogen-bond donors (Lipinski definition) is 0. The minimum atomic E-state index is 0.570. The summed E-state index contributed by atoms with van der Waals surface area (Å²) in [6.07, 6.45) is 3.73. The first kappa shape index (κ1) is 12.5. The number of thioether (sulfide) groups is 1. The molecule has 0 bridgehead atoms. The second-order valence-corrected chi connectivity index (χ2v) is 5.54. The first-order chi connectivity index (χ1) is 9.24. The number of aryl methyl sites for hydroxylation is 1. The summed E-state index contributed by atoms with van der Waals surface area (Å²) < 4.78 is 1.99. The Bertz CT molecular complexity index is 724. The van der Waals surface area contributed by atoms with Crippen molar-refractivity contribution in [1.29, 1.82) is 0 Å². The van der Waals surface area contributed by atoms with Gasteiger partial charge in [-0.15, -0.1) is 0 Å². The van der Waals surface area contributed by atoms with Crippen LogP contribution in [0.3, 0.4) is 0 Å². The van der Waals surface area contributed by atoms with Crippen molar-refractivity contribution >= 4 is 34.3 Å². The summed E-state index contributed by atoms with van der Waals surface area (Å²) in [5, 5.41) is 2.66. The molecular weight excluding hydrogens is 278 g/mol. The maximum Gasteiger partial charge on any atom is 0.167 e. The molecule has 0 aliphatic heterocycles. The Morgan fingerprint density at radius 2 is 2.16 bits per heavy atom. The number of benzene rings is 1. The predicted molar refractivity (Wildman–Crippen MR) is 79.5 cm³/mol. The van der Waals surface area contributed by atoms with Gasteiger partial charge in [-0.25, -0.2) is 9.97 Å². The van der Waals surface area contributed by atoms with E-state index in [1.807, 2.05) is 42.1 Å². The number of pyridine rings is 1. The van der Waals surface area contributed by atoms with Crippen LogP contribution in [0.5, 0.6) is 0 Å². The van der Waals surface area contributed by atoms with Crippen molar-refractivity contribution in [1.82, 2.24) is 14.5 Å². The number of imidazole rings is 1. The van der Waals surface area contributed by atoms with Crippen LogP contribution in [0.25, 0.3) is 10.9 Å². The fourth-order valence-electron chi connectivity index (χ4n) is 1.87. The summed E-state index contributed by atoms with van der Waals surface area (Å²) in [4.78, 5) is 8.71. The Morgan fingerprint density at radius 3 is 2.95 bits per heavy atom. The number of hydrogen-bond acceptors (Lipinski definition) is 3. The Labute approximate surface area is 120 Å². The van der Waals surface area contributed by atoms with Crippen LogP contribution in [0, 0.1) is 0 Å². The molecule has 0 unspecified atom stereocenters. The van der Waals surface area contributed by atoms with E-state index in [2.05, 4.69) is 16.0 Å². The van der Waals surface area contributed by atoms with E-state index < -0.39 is 0 Å². The Morgan fingerprint density at radius 1 is 1.32 bits per heavy atom. The largest absolute Gasteiger partial charge is 0.329 e. The van der Waals surface area contributed by atoms with Gasteiger partial charge in [0.1, 0.15) is 5.15 Å². The van der Waals surface area contributed by atoms with Gasteiger partial charge in [0.25, 0.3) is 0 Å². The molecule has 0 saturated carbocycles. The topological polar surface area (TPSA) is 30.7 Å². The van der Waals surface area contributed by atoms with Gasteiger partial charge in [-0.2, -0.15) is 0 Å². The third-order valence-corrected chi connectivity index (χ3v) is 4.32. The molecule has 0 amide bonds. The van der Waals surface area contributed by atoms with E-state index in [-0.39, 0.29) is 0 Å². The fraction of sp³-hybridized carbons (Fsp3) is 0.143. The number of nitrogens with zero attached hydrogens (tertiary/aromatic N) is 3. The van der Waals surface area contributed by atoms with Crippen molar-refractivity contribution in [3.8, 4) is 0 Å². The maximum atomic E-state index is 6.23. The van der Waals surface area contributed by atoms with Crippen LogP contribution in [0.1, 0.15) is 5.56 Å². The summed E-state index contributed by atoms with van der Waals surface area (Å²) >= 11 is 7.89. The molecule has 0 radical (unpaired) electrons. The van der Waals surface area contributed by atoms with E-state index in [4.69, 9.17) is 11.6 Å². The van der Waals surface area contributed by atoms with Crippen LogP contribution in [0.15, 0.2) is 47.9 Å². The summed E-state index contributed by atoms with van der Waals surface area (Å²) in [5.74, 6) is 0.765. The van der Waals surface area contributed by atoms with Gasteiger partial charge in [0, 0.05) is 36.1 Å². The smallest absolute Gasteiger partial charge is 0.167 e. The minimum absolute atomic E-state index is 0.570. The van der Waals surface area contributed by atoms with E-state index in [1.165, 1.54) is 0 Å². The molecule has 96 valence electrons. The molecule has 3 nitrogen and oxygen atoms in total. The molecule has 0 aliphatic rings. The number of para-hydroxylation sites is 1. The molecule has 0 aliphatic carbocycles. The van der Waals surface area contributed by atoms with E-state index in [0.717, 1.165) is 27.4 Å². The monoisotopic (exact) mass is 289 g/mol. The highest BCUT2D eigenvalue weighted by atomic mass is 35.5. The van der Waals surface area contributed by atoms with E-state index >= 15 is 0 Å². The highest BCUT2D eigenvalue weighted by Crippen LogP contribution is 2.27. The highest BCUT2D eigenvalue weighted by Gasteiger charge is 2.07. The summed E-state index contributed by atoms with van der Waals surface area (Å²) in [6, 6.07) is 10.1. The lowest BCUT2D eigenvalue weighted by Crippen LogP contribution is -1.92. The van der Waals surface area contributed by atoms with Crippen LogP contribution in [-0.2, 0) is 12.8 Å². The van der Waals surface area contributed by atoms with Gasteiger partial charge < -0.3 is 4.57 Å². The highest BCUT2D eigenvalue weighted by molar-refractivity contribution is 7.98. The molecule has 5 heteroatoms. The van der Waals surface area contributed by atoms with Crippen molar-refractivity contribution < 1.29 is 0 Å². The fourth-order valence-corrected chi connectivity index (χ4v) is 3.07. The van der Waals surface area contributed by atoms with Crippen molar-refractivity contribution in [2.24, 2.45) is 7.05 Å². The van der Waals surface area contributed by atoms with Crippen molar-refractivity contribution in [2.75, 3.05) is 0 Å². The van der Waals surface area contributed by atoms with Crippen LogP contribution >= 0.6 is 23.4 Å². The van der Waals surface area contributed by atoms with E-state index in [1.54, 1.807) is 18.0 Å². The number of halogens is 1. The lowest BCUT2D eigenvalue weighted by Gasteiger charge is -2.06. The average Bonchev–Trinajstić information content (AvgIpc) is 2.82. The first-order valence-corrected chi connectivity index (χ1v) is 7.24. The third kappa shape index (κ3) is 2.60. The van der Waals surface area contributed by atoms with Gasteiger partial charge in [0.15, 0.2) is 5.16 Å². The van der Waals surface area contributed by atoms with Crippen LogP contribution < -0.4 is 0 Å². The SMILES string of the molecule is Cn1ccnc1SCc1cc2ccccc2nc1Cl. The zero-order valence-corrected chi connectivity index (χ0v) is 11.9. The van der Waals surface area contributed by atoms with Gasteiger partial charge in [-0.1, -0.05) is 41.6 Å². The van der Waals surface area contributed by atoms with Gasteiger partial charge >= 0.3 is 0 Å². The van der Waals surface area contributed by atoms with Crippen LogP contribution in [0.4, 0.5) is 0 Å². The van der Waals surface area contributed by atoms with E-state index in [0.29, 0.717) is 5.15 Å². The van der Waals surface area contributed by atoms with Gasteiger partial charge in [-0.3, -0.25) is 0 Å². The molecule has 1 aromatic carbocycles. The van der Waals surface area contributed by atoms with Crippen molar-refractivity contribution in [3.05, 3.63) is 53.4 Å². The van der Waals surface area contributed by atoms with Crippen LogP contribution in [-0.4, -0.2) is 14.5 Å². The molecular formula is C14H12ClN3S. The molecule has 2 aromatic heterocycles. The molecule has 0 spiro atoms. The molecule has 0 fully saturated rings. The number of aromatic nitrogens is 3. The molecule has 3 rings (SSSR count). The van der Waals surface area contributed by atoms with Crippen molar-refractivity contribution in [3.63, 3.8) is 0 Å². The molecule has 0 N–H and O–H groups in total. The summed E-state index contributed by atoms with van der Waals surface area (Å²) in [5.41, 5.74) is 1.96. The summed E-state index contributed by atoms with van der Waals surface area (Å²) in [7, 11) is 1.98. The Kier molecular flexibility index (Phi) is 3.44. The second kappa shape index (κ2) is 5.23.